The van der Waals surface area contributed by atoms with Gasteiger partial charge in [0.15, 0.2) is 0 Å². The van der Waals surface area contributed by atoms with Gasteiger partial charge in [0.05, 0.1) is 18.2 Å². The van der Waals surface area contributed by atoms with Crippen LogP contribution in [0.1, 0.15) is 17.2 Å². The minimum atomic E-state index is -1.09. The number of aliphatic hydroxyl groups excluding tert-OH is 2. The monoisotopic (exact) mass is 341 g/mol. The summed E-state index contributed by atoms with van der Waals surface area (Å²) in [6.07, 6.45) is 0. The van der Waals surface area contributed by atoms with Gasteiger partial charge in [0.2, 0.25) is 0 Å². The van der Waals surface area contributed by atoms with Crippen LogP contribution in [0.5, 0.6) is 0 Å². The molecule has 1 aliphatic rings. The van der Waals surface area contributed by atoms with Crippen molar-refractivity contribution in [3.8, 4) is 0 Å². The Morgan fingerprint density at radius 2 is 1.68 bits per heavy atom. The van der Waals surface area contributed by atoms with Crippen molar-refractivity contribution in [2.75, 3.05) is 13.2 Å². The highest BCUT2D eigenvalue weighted by Gasteiger charge is 2.46. The fourth-order valence-corrected chi connectivity index (χ4v) is 2.99. The van der Waals surface area contributed by atoms with Gasteiger partial charge < -0.3 is 15.1 Å². The first kappa shape index (κ1) is 16.9. The number of carbonyl (C=O) groups is 2. The smallest absolute Gasteiger partial charge is 0.295 e. The highest BCUT2D eigenvalue weighted by Crippen LogP contribution is 2.39. The van der Waals surface area contributed by atoms with Crippen LogP contribution in [0.15, 0.2) is 60.2 Å². The van der Waals surface area contributed by atoms with Gasteiger partial charge in [0.1, 0.15) is 11.6 Å². The molecule has 128 valence electrons. The van der Waals surface area contributed by atoms with Gasteiger partial charge in [-0.2, -0.15) is 0 Å². The lowest BCUT2D eigenvalue weighted by molar-refractivity contribution is -0.140. The Hall–Kier alpha value is -2.99. The van der Waals surface area contributed by atoms with Crippen molar-refractivity contribution < 1.29 is 24.2 Å². The number of amides is 1. The average Bonchev–Trinajstić information content (AvgIpc) is 2.87. The van der Waals surface area contributed by atoms with E-state index < -0.39 is 23.5 Å². The number of likely N-dealkylation sites (tertiary alicyclic amines) is 1. The van der Waals surface area contributed by atoms with Crippen molar-refractivity contribution >= 4 is 17.4 Å². The molecule has 2 N–H and O–H groups in total. The average molecular weight is 341 g/mol. The van der Waals surface area contributed by atoms with Crippen molar-refractivity contribution in [2.45, 2.75) is 6.04 Å². The van der Waals surface area contributed by atoms with E-state index in [0.29, 0.717) is 5.56 Å². The highest BCUT2D eigenvalue weighted by atomic mass is 19.1. The molecule has 1 amide bonds. The first-order valence-corrected chi connectivity index (χ1v) is 7.75. The molecule has 3 rings (SSSR count). The molecule has 0 aliphatic carbocycles. The number of ketones is 1. The van der Waals surface area contributed by atoms with Crippen LogP contribution in [-0.2, 0) is 9.59 Å². The molecule has 2 aromatic carbocycles. The molecule has 1 fully saturated rings. The van der Waals surface area contributed by atoms with Gasteiger partial charge in [-0.1, -0.05) is 48.5 Å². The summed E-state index contributed by atoms with van der Waals surface area (Å²) in [5.74, 6) is -2.74. The predicted molar refractivity (Wildman–Crippen MR) is 88.9 cm³/mol. The molecule has 1 unspecified atom stereocenters. The Labute approximate surface area is 143 Å². The fraction of sp³-hybridized carbons (Fsp3) is 0.158. The summed E-state index contributed by atoms with van der Waals surface area (Å²) in [5, 5.41) is 19.8. The third kappa shape index (κ3) is 2.92. The van der Waals surface area contributed by atoms with Gasteiger partial charge in [-0.25, -0.2) is 4.39 Å². The number of hydrogen-bond acceptors (Lipinski definition) is 4. The molecule has 6 heteroatoms. The van der Waals surface area contributed by atoms with E-state index >= 15 is 0 Å². The molecule has 1 heterocycles. The zero-order valence-corrected chi connectivity index (χ0v) is 13.2. The third-order valence-electron chi connectivity index (χ3n) is 4.13. The number of rotatable bonds is 4. The van der Waals surface area contributed by atoms with Crippen LogP contribution in [0, 0.1) is 5.82 Å². The number of halogens is 1. The van der Waals surface area contributed by atoms with Crippen molar-refractivity contribution in [1.29, 1.82) is 0 Å². The van der Waals surface area contributed by atoms with Crippen LogP contribution in [0.25, 0.3) is 5.76 Å². The fourth-order valence-electron chi connectivity index (χ4n) is 2.99. The maximum absolute atomic E-state index is 14.3. The Balaban J connectivity index is 2.22. The summed E-state index contributed by atoms with van der Waals surface area (Å²) in [7, 11) is 0. The lowest BCUT2D eigenvalue weighted by Gasteiger charge is -2.24. The van der Waals surface area contributed by atoms with E-state index in [1.165, 1.54) is 18.2 Å². The van der Waals surface area contributed by atoms with Crippen molar-refractivity contribution in [1.82, 2.24) is 4.90 Å². The maximum atomic E-state index is 14.3. The molecule has 0 aromatic heterocycles. The van der Waals surface area contributed by atoms with Crippen LogP contribution in [0.4, 0.5) is 4.39 Å². The largest absolute Gasteiger partial charge is 0.507 e. The first-order chi connectivity index (χ1) is 12.1. The Morgan fingerprint density at radius 3 is 2.32 bits per heavy atom. The summed E-state index contributed by atoms with van der Waals surface area (Å²) in [4.78, 5) is 25.9. The van der Waals surface area contributed by atoms with Crippen LogP contribution in [0.2, 0.25) is 0 Å². The van der Waals surface area contributed by atoms with Crippen molar-refractivity contribution in [2.24, 2.45) is 0 Å². The van der Waals surface area contributed by atoms with Gasteiger partial charge in [-0.15, -0.1) is 0 Å². The van der Waals surface area contributed by atoms with E-state index in [2.05, 4.69) is 0 Å². The van der Waals surface area contributed by atoms with E-state index in [0.717, 1.165) is 4.90 Å². The highest BCUT2D eigenvalue weighted by molar-refractivity contribution is 6.46. The molecule has 5 nitrogen and oxygen atoms in total. The number of β-amino-alcohol motifs (C(OH)–C–C–N with tert-alkyl or cyclic N) is 1. The number of nitrogens with zero attached hydrogens (tertiary/aromatic N) is 1. The molecule has 2 aromatic rings. The van der Waals surface area contributed by atoms with Gasteiger partial charge in [0, 0.05) is 17.7 Å². The number of benzene rings is 2. The van der Waals surface area contributed by atoms with Crippen molar-refractivity contribution in [3.63, 3.8) is 0 Å². The van der Waals surface area contributed by atoms with E-state index in [1.54, 1.807) is 36.4 Å². The molecule has 0 spiro atoms. The quantitative estimate of drug-likeness (QED) is 0.508. The van der Waals surface area contributed by atoms with Crippen LogP contribution in [0.3, 0.4) is 0 Å². The van der Waals surface area contributed by atoms with E-state index in [9.17, 15) is 24.2 Å². The first-order valence-electron chi connectivity index (χ1n) is 7.75. The minimum Gasteiger partial charge on any atom is -0.507 e. The Bertz CT molecular complexity index is 848. The normalized spacial score (nSPS) is 19.4. The summed E-state index contributed by atoms with van der Waals surface area (Å²) >= 11 is 0. The second-order valence-electron chi connectivity index (χ2n) is 5.60. The molecular formula is C19H16FNO4. The van der Waals surface area contributed by atoms with Crippen molar-refractivity contribution in [3.05, 3.63) is 77.1 Å². The van der Waals surface area contributed by atoms with Gasteiger partial charge in [-0.3, -0.25) is 9.59 Å². The van der Waals surface area contributed by atoms with Crippen LogP contribution < -0.4 is 0 Å². The van der Waals surface area contributed by atoms with Crippen LogP contribution >= 0.6 is 0 Å². The molecule has 1 saturated heterocycles. The zero-order valence-electron chi connectivity index (χ0n) is 13.2. The number of hydrogen-bond donors (Lipinski definition) is 2. The Kier molecular flexibility index (Phi) is 4.63. The Morgan fingerprint density at radius 1 is 1.04 bits per heavy atom. The minimum absolute atomic E-state index is 0.0904. The molecule has 0 radical (unpaired) electrons. The number of carbonyl (C=O) groups excluding carboxylic acids is 2. The van der Waals surface area contributed by atoms with Gasteiger partial charge in [0.25, 0.3) is 11.7 Å². The molecule has 0 saturated carbocycles. The lowest BCUT2D eigenvalue weighted by Crippen LogP contribution is -2.32. The second kappa shape index (κ2) is 6.86. The van der Waals surface area contributed by atoms with Gasteiger partial charge in [-0.05, 0) is 6.07 Å². The second-order valence-corrected chi connectivity index (χ2v) is 5.60. The van der Waals surface area contributed by atoms with Crippen LogP contribution in [-0.4, -0.2) is 40.0 Å². The topological polar surface area (TPSA) is 77.8 Å². The summed E-state index contributed by atoms with van der Waals surface area (Å²) in [5.41, 5.74) is 0.258. The molecular weight excluding hydrogens is 325 g/mol. The SMILES string of the molecule is O=C1C(=O)N(CCO)C(c2ccccc2F)/C1=C(\O)c1ccccc1. The third-order valence-corrected chi connectivity index (χ3v) is 4.13. The number of Topliss-reactive ketones (excluding diaryl/α,β-unsaturated/α-hetero) is 1. The number of aliphatic hydroxyl groups is 2. The maximum Gasteiger partial charge on any atom is 0.295 e. The standard InChI is InChI=1S/C19H16FNO4/c20-14-9-5-4-8-13(14)16-15(17(23)12-6-2-1-3-7-12)18(24)19(25)21(16)10-11-22/h1-9,16,22-23H,10-11H2/b17-15+. The van der Waals surface area contributed by atoms with E-state index in [4.69, 9.17) is 0 Å². The molecule has 1 atom stereocenters. The molecule has 0 bridgehead atoms. The van der Waals surface area contributed by atoms with E-state index in [-0.39, 0.29) is 30.0 Å². The zero-order chi connectivity index (χ0) is 18.0. The molecule has 1 aliphatic heterocycles. The molecule has 25 heavy (non-hydrogen) atoms. The predicted octanol–water partition coefficient (Wildman–Crippen LogP) is 2.24. The summed E-state index contributed by atoms with van der Waals surface area (Å²) in [6, 6.07) is 12.9. The van der Waals surface area contributed by atoms with E-state index in [1.807, 2.05) is 0 Å². The summed E-state index contributed by atoms with van der Waals surface area (Å²) < 4.78 is 14.3. The lowest BCUT2D eigenvalue weighted by atomic mass is 9.95. The van der Waals surface area contributed by atoms with Gasteiger partial charge >= 0.3 is 0 Å². The summed E-state index contributed by atoms with van der Waals surface area (Å²) in [6.45, 7) is -0.529.